The fourth-order valence-corrected chi connectivity index (χ4v) is 2.79. The Morgan fingerprint density at radius 1 is 1.07 bits per heavy atom. The Kier molecular flexibility index (Phi) is 6.17. The molecule has 2 N–H and O–H groups in total. The first kappa shape index (κ1) is 18.6. The maximum Gasteiger partial charge on any atom is 0.251 e. The number of aromatic nitrogens is 3. The summed E-state index contributed by atoms with van der Waals surface area (Å²) in [4.78, 5) is 28.1. The van der Waals surface area contributed by atoms with Crippen LogP contribution in [0.25, 0.3) is 5.69 Å². The summed E-state index contributed by atoms with van der Waals surface area (Å²) in [6.07, 6.45) is 3.68. The molecule has 138 valence electrons. The molecule has 2 aromatic carbocycles. The molecule has 0 fully saturated rings. The number of halogens is 1. The van der Waals surface area contributed by atoms with Crippen molar-refractivity contribution in [3.63, 3.8) is 0 Å². The van der Waals surface area contributed by atoms with Gasteiger partial charge in [0.15, 0.2) is 0 Å². The molecular formula is C19H18ClN5O2. The Bertz CT molecular complexity index is 913. The molecule has 8 heteroatoms. The summed E-state index contributed by atoms with van der Waals surface area (Å²) in [6, 6.07) is 14.2. The molecule has 3 rings (SSSR count). The van der Waals surface area contributed by atoms with E-state index in [1.807, 2.05) is 6.07 Å². The van der Waals surface area contributed by atoms with Crippen LogP contribution in [0.4, 0.5) is 5.69 Å². The van der Waals surface area contributed by atoms with E-state index in [1.165, 1.54) is 17.3 Å². The second kappa shape index (κ2) is 8.95. The van der Waals surface area contributed by atoms with Crippen LogP contribution in [0.3, 0.4) is 0 Å². The zero-order valence-corrected chi connectivity index (χ0v) is 15.2. The average molecular weight is 384 g/mol. The Morgan fingerprint density at radius 3 is 2.63 bits per heavy atom. The van der Waals surface area contributed by atoms with Crippen molar-refractivity contribution >= 4 is 29.1 Å². The number of benzene rings is 2. The van der Waals surface area contributed by atoms with E-state index in [0.29, 0.717) is 34.9 Å². The first-order valence-electron chi connectivity index (χ1n) is 8.42. The first-order valence-corrected chi connectivity index (χ1v) is 8.79. The van der Waals surface area contributed by atoms with Crippen LogP contribution in [0.2, 0.25) is 5.02 Å². The van der Waals surface area contributed by atoms with Crippen LogP contribution in [0.1, 0.15) is 23.2 Å². The number of carbonyl (C=O) groups excluding carboxylic acids is 2. The average Bonchev–Trinajstić information content (AvgIpc) is 3.20. The summed E-state index contributed by atoms with van der Waals surface area (Å²) >= 11 is 6.24. The lowest BCUT2D eigenvalue weighted by molar-refractivity contribution is -0.116. The molecule has 0 saturated carbocycles. The minimum Gasteiger partial charge on any atom is -0.352 e. The second-order valence-electron chi connectivity index (χ2n) is 5.75. The van der Waals surface area contributed by atoms with E-state index >= 15 is 0 Å². The minimum atomic E-state index is -0.174. The third kappa shape index (κ3) is 4.92. The van der Waals surface area contributed by atoms with Gasteiger partial charge in [-0.25, -0.2) is 9.67 Å². The van der Waals surface area contributed by atoms with Crippen LogP contribution in [0.5, 0.6) is 0 Å². The lowest BCUT2D eigenvalue weighted by Gasteiger charge is -2.12. The van der Waals surface area contributed by atoms with Crippen LogP contribution >= 0.6 is 11.6 Å². The number of hydrogen-bond donors (Lipinski definition) is 2. The predicted octanol–water partition coefficient (Wildman–Crippen LogP) is 3.07. The fraction of sp³-hybridized carbons (Fsp3) is 0.158. The summed E-state index contributed by atoms with van der Waals surface area (Å²) in [5, 5.41) is 10.1. The zero-order chi connectivity index (χ0) is 19.1. The molecule has 0 aliphatic carbocycles. The minimum absolute atomic E-state index is 0.153. The molecule has 0 aliphatic rings. The van der Waals surface area contributed by atoms with Crippen LogP contribution in [0, 0.1) is 0 Å². The van der Waals surface area contributed by atoms with Crippen LogP contribution in [-0.2, 0) is 4.79 Å². The maximum atomic E-state index is 12.2. The van der Waals surface area contributed by atoms with Gasteiger partial charge in [-0.3, -0.25) is 9.59 Å². The highest BCUT2D eigenvalue weighted by molar-refractivity contribution is 6.33. The molecule has 0 unspecified atom stereocenters. The highest BCUT2D eigenvalue weighted by atomic mass is 35.5. The number of nitrogens with zero attached hydrogens (tertiary/aromatic N) is 3. The van der Waals surface area contributed by atoms with Crippen molar-refractivity contribution in [3.8, 4) is 5.69 Å². The Labute approximate surface area is 161 Å². The molecule has 0 spiro atoms. The second-order valence-corrected chi connectivity index (χ2v) is 6.16. The quantitative estimate of drug-likeness (QED) is 0.613. The molecule has 1 aromatic heterocycles. The van der Waals surface area contributed by atoms with E-state index in [9.17, 15) is 9.59 Å². The number of nitrogens with one attached hydrogen (secondary N) is 2. The van der Waals surface area contributed by atoms with Gasteiger partial charge in [-0.2, -0.15) is 5.10 Å². The first-order chi connectivity index (χ1) is 13.1. The fourth-order valence-electron chi connectivity index (χ4n) is 2.53. The Morgan fingerprint density at radius 2 is 1.89 bits per heavy atom. The molecule has 0 saturated heterocycles. The lowest BCUT2D eigenvalue weighted by atomic mass is 10.2. The van der Waals surface area contributed by atoms with Crippen molar-refractivity contribution < 1.29 is 9.59 Å². The van der Waals surface area contributed by atoms with E-state index in [1.54, 1.807) is 42.5 Å². The van der Waals surface area contributed by atoms with Gasteiger partial charge in [0.05, 0.1) is 10.7 Å². The summed E-state index contributed by atoms with van der Waals surface area (Å²) in [7, 11) is 0. The molecule has 0 aliphatic heterocycles. The van der Waals surface area contributed by atoms with Gasteiger partial charge in [0.2, 0.25) is 5.91 Å². The summed E-state index contributed by atoms with van der Waals surface area (Å²) in [5.41, 5.74) is 1.70. The smallest absolute Gasteiger partial charge is 0.251 e. The van der Waals surface area contributed by atoms with E-state index in [4.69, 9.17) is 11.6 Å². The highest BCUT2D eigenvalue weighted by Crippen LogP contribution is 2.27. The van der Waals surface area contributed by atoms with Crippen molar-refractivity contribution in [2.75, 3.05) is 11.9 Å². The zero-order valence-electron chi connectivity index (χ0n) is 14.4. The molecule has 0 radical (unpaired) electrons. The van der Waals surface area contributed by atoms with Gasteiger partial charge in [-0.15, -0.1) is 0 Å². The molecule has 3 aromatic rings. The predicted molar refractivity (Wildman–Crippen MR) is 103 cm³/mol. The van der Waals surface area contributed by atoms with Gasteiger partial charge in [0.25, 0.3) is 5.91 Å². The van der Waals surface area contributed by atoms with Crippen LogP contribution < -0.4 is 10.6 Å². The number of para-hydroxylation sites is 1. The monoisotopic (exact) mass is 383 g/mol. The number of anilines is 1. The van der Waals surface area contributed by atoms with Crippen LogP contribution in [0.15, 0.2) is 61.2 Å². The lowest BCUT2D eigenvalue weighted by Crippen LogP contribution is -2.25. The third-order valence-corrected chi connectivity index (χ3v) is 4.12. The number of hydrogen-bond acceptors (Lipinski definition) is 4. The van der Waals surface area contributed by atoms with Crippen molar-refractivity contribution in [1.82, 2.24) is 20.1 Å². The molecule has 27 heavy (non-hydrogen) atoms. The Hall–Kier alpha value is -3.19. The van der Waals surface area contributed by atoms with Crippen molar-refractivity contribution in [3.05, 3.63) is 71.8 Å². The van der Waals surface area contributed by atoms with E-state index in [2.05, 4.69) is 20.7 Å². The number of rotatable bonds is 7. The number of carbonyl (C=O) groups is 2. The van der Waals surface area contributed by atoms with Gasteiger partial charge in [0.1, 0.15) is 18.3 Å². The van der Waals surface area contributed by atoms with Gasteiger partial charge in [0, 0.05) is 18.5 Å². The van der Waals surface area contributed by atoms with E-state index in [-0.39, 0.29) is 18.2 Å². The standard InChI is InChI=1S/C19H18ClN5O2/c20-15-8-4-9-16(18(15)25-13-21-12-23-25)24-17(26)10-5-11-22-19(27)14-6-2-1-3-7-14/h1-4,6-9,12-13H,5,10-11H2,(H,22,27)(H,24,26). The maximum absolute atomic E-state index is 12.2. The summed E-state index contributed by atoms with van der Waals surface area (Å²) < 4.78 is 1.50. The van der Waals surface area contributed by atoms with E-state index in [0.717, 1.165) is 0 Å². The molecule has 7 nitrogen and oxygen atoms in total. The van der Waals surface area contributed by atoms with Gasteiger partial charge in [-0.1, -0.05) is 35.9 Å². The molecule has 0 bridgehead atoms. The SMILES string of the molecule is O=C(CCCNC(=O)c1ccccc1)Nc1cccc(Cl)c1-n1cncn1. The molecular weight excluding hydrogens is 366 g/mol. The summed E-state index contributed by atoms with van der Waals surface area (Å²) in [6.45, 7) is 0.409. The topological polar surface area (TPSA) is 88.9 Å². The molecule has 2 amide bonds. The van der Waals surface area contributed by atoms with Gasteiger partial charge in [-0.05, 0) is 30.7 Å². The highest BCUT2D eigenvalue weighted by Gasteiger charge is 2.12. The Balaban J connectivity index is 1.52. The normalized spacial score (nSPS) is 10.4. The van der Waals surface area contributed by atoms with Crippen molar-refractivity contribution in [1.29, 1.82) is 0 Å². The third-order valence-electron chi connectivity index (χ3n) is 3.81. The van der Waals surface area contributed by atoms with Crippen molar-refractivity contribution in [2.45, 2.75) is 12.8 Å². The van der Waals surface area contributed by atoms with E-state index < -0.39 is 0 Å². The number of amides is 2. The largest absolute Gasteiger partial charge is 0.352 e. The molecule has 1 heterocycles. The van der Waals surface area contributed by atoms with Crippen LogP contribution in [-0.4, -0.2) is 33.1 Å². The van der Waals surface area contributed by atoms with Gasteiger partial charge < -0.3 is 10.6 Å². The summed E-state index contributed by atoms with van der Waals surface area (Å²) in [5.74, 6) is -0.327. The van der Waals surface area contributed by atoms with Crippen molar-refractivity contribution in [2.24, 2.45) is 0 Å². The van der Waals surface area contributed by atoms with Gasteiger partial charge >= 0.3 is 0 Å². The molecule has 0 atom stereocenters.